The topological polar surface area (TPSA) is 307 Å². The van der Waals surface area contributed by atoms with E-state index in [4.69, 9.17) is 52.2 Å². The highest BCUT2D eigenvalue weighted by Gasteiger charge is 2.50. The van der Waals surface area contributed by atoms with Gasteiger partial charge in [0.2, 0.25) is 17.3 Å². The molecule has 0 saturated carbocycles. The predicted octanol–water partition coefficient (Wildman–Crippen LogP) is 3.64. The van der Waals surface area contributed by atoms with Crippen LogP contribution in [0.25, 0.3) is 0 Å². The largest absolute Gasteiger partial charge is 0.493 e. The van der Waals surface area contributed by atoms with Gasteiger partial charge in [-0.25, -0.2) is 4.79 Å². The SMILES string of the molecule is CCc1c(OC)c(OC2OC(C)[C@H](O)[C@@H](OC)[C@H]2O)c(I)c(C)c1C(=O)S[C@H]1[C@@H](O)C[C@H](ON[C@H]2[C@@H](O)[C@@H](O[C@H]3C[C@H](OC)[C@@H](N(CC)C(C)=O)CO3)C(OCC#C/C=C\C#C[C@]3(O)CC(=O)C(NC(=O)OC)=C/C3=C/CC(C)C)O[C@@H]2C)O[C@@H]1C. The van der Waals surface area contributed by atoms with Gasteiger partial charge in [0.15, 0.2) is 41.8 Å². The summed E-state index contributed by atoms with van der Waals surface area (Å²) in [6.45, 7) is 16.3. The number of hydrogen-bond acceptors (Lipinski definition) is 23. The summed E-state index contributed by atoms with van der Waals surface area (Å²) in [4.78, 5) is 59.4. The van der Waals surface area contributed by atoms with E-state index in [0.29, 0.717) is 45.2 Å². The van der Waals surface area contributed by atoms with E-state index in [2.05, 4.69) is 61.8 Å². The fourth-order valence-electron chi connectivity index (χ4n) is 10.8. The van der Waals surface area contributed by atoms with E-state index < -0.39 is 127 Å². The van der Waals surface area contributed by atoms with E-state index in [1.807, 2.05) is 27.7 Å². The predicted molar refractivity (Wildman–Crippen MR) is 320 cm³/mol. The number of methoxy groups -OCH3 is 4. The number of nitrogens with zero attached hydrogens (tertiary/aromatic N) is 1. The van der Waals surface area contributed by atoms with Crippen molar-refractivity contribution < 1.29 is 102 Å². The summed E-state index contributed by atoms with van der Waals surface area (Å²) in [5.74, 6) is 11.3. The zero-order valence-corrected chi connectivity index (χ0v) is 53.8. The summed E-state index contributed by atoms with van der Waals surface area (Å²) < 4.78 is 65.6. The standard InChI is InChI=1S/C60H84IN3O21S/c1-14-37-45(31(5)46(61)52(51(37)75-11)84-57-50(70)53(76-12)48(68)33(7)82-57)56(71)86-55-34(8)80-44(26-40(55)66)85-63-47-32(6)81-58(54(49(47)69)83-43-27-42(74-10)39(29-79-43)64(15-2)35(9)65)78-24-20-18-16-17-19-23-60(73)28-41(67)38(62-59(72)77-13)25-36(60)22-21-30(3)4/h16-17,22,25,30,32-34,39-40,42-44,47-50,53-55,57-58,63,66,68-70,73H,14-15,21,24,26-29H2,1-13H3,(H,62,72)/b17-16-,36-22-/t32-,33?,34-,39+,40+,42+,43+,44+,47-,48+,49-,50-,53-,54-,55-,57?,58?,60+/m1/s1. The number of rotatable bonds is 20. The Morgan fingerprint density at radius 1 is 0.919 bits per heavy atom. The van der Waals surface area contributed by atoms with Crippen molar-refractivity contribution in [3.8, 4) is 35.2 Å². The number of amides is 2. The fourth-order valence-corrected chi connectivity index (χ4v) is 12.6. The first-order chi connectivity index (χ1) is 40.9. The van der Waals surface area contributed by atoms with Gasteiger partial charge in [-0.1, -0.05) is 62.3 Å². The molecule has 1 aliphatic carbocycles. The normalized spacial score (nSPS) is 33.5. The number of benzene rings is 1. The highest BCUT2D eigenvalue weighted by Crippen LogP contribution is 2.45. The number of hydrogen-bond donors (Lipinski definition) is 7. The lowest BCUT2D eigenvalue weighted by Crippen LogP contribution is -2.64. The molecule has 18 atom stereocenters. The molecule has 0 bridgehead atoms. The molecule has 5 aliphatic rings. The maximum atomic E-state index is 14.4. The molecular weight excluding hydrogens is 1260 g/mol. The number of carbonyl (C=O) groups is 4. The van der Waals surface area contributed by atoms with Gasteiger partial charge in [-0.05, 0) is 105 Å². The number of ketones is 1. The Labute approximate surface area is 520 Å². The van der Waals surface area contributed by atoms with Crippen LogP contribution in [-0.2, 0) is 63.5 Å². The molecule has 4 aliphatic heterocycles. The molecule has 0 aromatic heterocycles. The molecule has 7 N–H and O–H groups in total. The monoisotopic (exact) mass is 1340 g/mol. The number of carbonyl (C=O) groups excluding carboxylic acids is 4. The van der Waals surface area contributed by atoms with Crippen molar-refractivity contribution in [3.05, 3.63) is 55.8 Å². The summed E-state index contributed by atoms with van der Waals surface area (Å²) in [7, 11) is 5.53. The third kappa shape index (κ3) is 17.2. The van der Waals surface area contributed by atoms with Crippen LogP contribution in [-0.4, -0.2) is 211 Å². The molecule has 4 fully saturated rings. The van der Waals surface area contributed by atoms with Gasteiger partial charge < -0.3 is 82.5 Å². The van der Waals surface area contributed by atoms with Crippen molar-refractivity contribution in [3.63, 3.8) is 0 Å². The van der Waals surface area contributed by atoms with Gasteiger partial charge in [0.25, 0.3) is 0 Å². The van der Waals surface area contributed by atoms with E-state index in [9.17, 15) is 44.7 Å². The Morgan fingerprint density at radius 3 is 2.26 bits per heavy atom. The van der Waals surface area contributed by atoms with E-state index in [1.54, 1.807) is 38.7 Å². The Morgan fingerprint density at radius 2 is 1.63 bits per heavy atom. The Hall–Kier alpha value is -4.28. The van der Waals surface area contributed by atoms with E-state index in [-0.39, 0.29) is 60.2 Å². The van der Waals surface area contributed by atoms with Crippen LogP contribution >= 0.6 is 34.4 Å². The average Bonchev–Trinajstić information content (AvgIpc) is 1.11. The van der Waals surface area contributed by atoms with Crippen LogP contribution in [0.3, 0.4) is 0 Å². The molecule has 478 valence electrons. The molecule has 26 heteroatoms. The Kier molecular flexibility index (Phi) is 26.7. The van der Waals surface area contributed by atoms with Crippen molar-refractivity contribution in [1.29, 1.82) is 0 Å². The van der Waals surface area contributed by atoms with Crippen LogP contribution in [0.15, 0.2) is 35.6 Å². The number of likely N-dealkylation sites (N-methyl/N-ethyl adjacent to an activating group) is 1. The third-order valence-electron chi connectivity index (χ3n) is 15.5. The van der Waals surface area contributed by atoms with Crippen LogP contribution < -0.4 is 20.3 Å². The number of ether oxygens (including phenoxy) is 11. The summed E-state index contributed by atoms with van der Waals surface area (Å²) in [6, 6.07) is -1.38. The summed E-state index contributed by atoms with van der Waals surface area (Å²) in [5.41, 5.74) is 2.86. The van der Waals surface area contributed by atoms with Gasteiger partial charge in [0.1, 0.15) is 37.1 Å². The fraction of sp³-hybridized carbons (Fsp3) is 0.667. The average molecular weight is 1340 g/mol. The van der Waals surface area contributed by atoms with Crippen LogP contribution in [0, 0.1) is 40.1 Å². The molecule has 1 aromatic rings. The Balaban J connectivity index is 1.13. The molecule has 4 saturated heterocycles. The molecule has 4 heterocycles. The first kappa shape index (κ1) is 70.8. The highest BCUT2D eigenvalue weighted by molar-refractivity contribution is 14.1. The number of thioether (sulfide) groups is 1. The van der Waals surface area contributed by atoms with Gasteiger partial charge in [-0.3, -0.25) is 24.5 Å². The molecule has 6 rings (SSSR count). The minimum Gasteiger partial charge on any atom is -0.493 e. The first-order valence-electron chi connectivity index (χ1n) is 28.6. The summed E-state index contributed by atoms with van der Waals surface area (Å²) in [5, 5.41) is 58.2. The molecule has 3 unspecified atom stereocenters. The second kappa shape index (κ2) is 32.5. The van der Waals surface area contributed by atoms with Crippen LogP contribution in [0.5, 0.6) is 11.5 Å². The van der Waals surface area contributed by atoms with Crippen LogP contribution in [0.1, 0.15) is 103 Å². The maximum absolute atomic E-state index is 14.4. The molecule has 86 heavy (non-hydrogen) atoms. The number of alkyl carbamates (subject to hydrolysis) is 1. The van der Waals surface area contributed by atoms with E-state index >= 15 is 0 Å². The molecular formula is C60H84IN3O21S. The smallest absolute Gasteiger partial charge is 0.411 e. The van der Waals surface area contributed by atoms with E-state index in [1.165, 1.54) is 53.6 Å². The van der Waals surface area contributed by atoms with Crippen molar-refractivity contribution in [2.24, 2.45) is 5.92 Å². The number of aliphatic hydroxyl groups is 5. The summed E-state index contributed by atoms with van der Waals surface area (Å²) >= 11 is 2.97. The van der Waals surface area contributed by atoms with Crippen molar-refractivity contribution in [1.82, 2.24) is 15.7 Å². The molecule has 2 amide bonds. The van der Waals surface area contributed by atoms with Crippen molar-refractivity contribution >= 4 is 57.3 Å². The first-order valence-corrected chi connectivity index (χ1v) is 30.6. The van der Waals surface area contributed by atoms with Crippen LogP contribution in [0.4, 0.5) is 4.79 Å². The lowest BCUT2D eigenvalue weighted by molar-refractivity contribution is -0.333. The number of halogens is 1. The Bertz CT molecular complexity index is 2750. The number of allylic oxidation sites excluding steroid dienone is 4. The molecule has 0 radical (unpaired) electrons. The second-order valence-corrected chi connectivity index (χ2v) is 24.1. The van der Waals surface area contributed by atoms with Gasteiger partial charge in [-0.15, -0.1) is 0 Å². The van der Waals surface area contributed by atoms with Gasteiger partial charge in [-0.2, -0.15) is 5.48 Å². The zero-order chi connectivity index (χ0) is 63.3. The number of aliphatic hydroxyl groups excluding tert-OH is 4. The minimum atomic E-state index is -1.83. The zero-order valence-electron chi connectivity index (χ0n) is 50.9. The maximum Gasteiger partial charge on any atom is 0.411 e. The van der Waals surface area contributed by atoms with Gasteiger partial charge >= 0.3 is 6.09 Å². The minimum absolute atomic E-state index is 0.0179. The van der Waals surface area contributed by atoms with E-state index in [0.717, 1.165) is 11.8 Å². The lowest BCUT2D eigenvalue weighted by Gasteiger charge is -2.46. The van der Waals surface area contributed by atoms with Crippen LogP contribution in [0.2, 0.25) is 0 Å². The molecule has 1 aromatic carbocycles. The third-order valence-corrected chi connectivity index (χ3v) is 18.2. The van der Waals surface area contributed by atoms with Gasteiger partial charge in [0, 0.05) is 51.7 Å². The number of nitrogens with one attached hydrogen (secondary N) is 2. The quantitative estimate of drug-likeness (QED) is 0.0557. The van der Waals surface area contributed by atoms with Crippen molar-refractivity contribution in [2.45, 2.75) is 204 Å². The lowest BCUT2D eigenvalue weighted by atomic mass is 9.81. The number of hydroxylamine groups is 1. The second-order valence-electron chi connectivity index (χ2n) is 21.8. The number of Topliss-reactive ketones (excluding diaryl/α,β-unsaturated/α-hetero) is 1. The highest BCUT2D eigenvalue weighted by atomic mass is 127. The molecule has 0 spiro atoms. The van der Waals surface area contributed by atoms with Gasteiger partial charge in [0.05, 0.1) is 84.4 Å². The molecule has 24 nitrogen and oxygen atoms in total. The summed E-state index contributed by atoms with van der Waals surface area (Å²) in [6.07, 6.45) is -8.57. The van der Waals surface area contributed by atoms with Crippen molar-refractivity contribution in [2.75, 3.05) is 48.2 Å².